The Morgan fingerprint density at radius 3 is 2.80 bits per heavy atom. The largest absolute Gasteiger partial charge is 0.367 e. The lowest BCUT2D eigenvalue weighted by molar-refractivity contribution is -0.150. The number of primary amides is 1. The van der Waals surface area contributed by atoms with E-state index in [1.807, 2.05) is 0 Å². The molecule has 2 N–H and O–H groups in total. The van der Waals surface area contributed by atoms with Gasteiger partial charge in [0.05, 0.1) is 18.2 Å². The van der Waals surface area contributed by atoms with Crippen molar-refractivity contribution in [3.63, 3.8) is 0 Å². The molecule has 0 aromatic heterocycles. The first kappa shape index (κ1) is 14.7. The lowest BCUT2D eigenvalue weighted by Crippen LogP contribution is -2.58. The molecule has 1 aromatic carbocycles. The van der Waals surface area contributed by atoms with Crippen LogP contribution in [-0.4, -0.2) is 42.0 Å². The highest BCUT2D eigenvalue weighted by Gasteiger charge is 2.39. The maximum absolute atomic E-state index is 13.1. The number of nitrogens with zero attached hydrogens (tertiary/aromatic N) is 1. The average Bonchev–Trinajstić information content (AvgIpc) is 2.41. The van der Waals surface area contributed by atoms with E-state index in [-0.39, 0.29) is 29.6 Å². The van der Waals surface area contributed by atoms with Gasteiger partial charge in [0.25, 0.3) is 11.8 Å². The van der Waals surface area contributed by atoms with E-state index >= 15 is 0 Å². The van der Waals surface area contributed by atoms with E-state index in [2.05, 4.69) is 0 Å². The second-order valence-electron chi connectivity index (χ2n) is 4.80. The monoisotopic (exact) mass is 300 g/mol. The molecule has 1 aliphatic rings. The highest BCUT2D eigenvalue weighted by molar-refractivity contribution is 6.31. The third kappa shape index (κ3) is 2.76. The molecule has 1 aliphatic heterocycles. The molecule has 2 rings (SSSR count). The lowest BCUT2D eigenvalue weighted by Gasteiger charge is -2.38. The number of carbonyl (C=O) groups is 2. The van der Waals surface area contributed by atoms with Gasteiger partial charge in [0.2, 0.25) is 0 Å². The molecule has 1 aromatic rings. The van der Waals surface area contributed by atoms with Crippen LogP contribution in [0, 0.1) is 5.82 Å². The predicted octanol–water partition coefficient (Wildman–Crippen LogP) is 1.20. The summed E-state index contributed by atoms with van der Waals surface area (Å²) in [5.74, 6) is -1.57. The van der Waals surface area contributed by atoms with Gasteiger partial charge in [-0.3, -0.25) is 9.59 Å². The number of halogens is 2. The van der Waals surface area contributed by atoms with Crippen LogP contribution in [0.1, 0.15) is 17.3 Å². The summed E-state index contributed by atoms with van der Waals surface area (Å²) in [7, 11) is 0. The fourth-order valence-corrected chi connectivity index (χ4v) is 2.18. The van der Waals surface area contributed by atoms with Crippen LogP contribution in [0.15, 0.2) is 18.2 Å². The van der Waals surface area contributed by atoms with Crippen molar-refractivity contribution < 1.29 is 18.7 Å². The minimum absolute atomic E-state index is 0.0517. The molecule has 5 nitrogen and oxygen atoms in total. The Balaban J connectivity index is 2.20. The van der Waals surface area contributed by atoms with Gasteiger partial charge < -0.3 is 15.4 Å². The van der Waals surface area contributed by atoms with Crippen molar-refractivity contribution in [3.8, 4) is 0 Å². The van der Waals surface area contributed by atoms with E-state index in [4.69, 9.17) is 22.1 Å². The fraction of sp³-hybridized carbons (Fsp3) is 0.385. The molecule has 0 spiro atoms. The SMILES string of the molecule is C[C@@]1(C(N)=O)CN(C(=O)c2ccc(F)c(Cl)c2)CCO1. The first-order chi connectivity index (χ1) is 9.33. The molecule has 0 saturated carbocycles. The second-order valence-corrected chi connectivity index (χ2v) is 5.21. The summed E-state index contributed by atoms with van der Waals surface area (Å²) >= 11 is 5.66. The van der Waals surface area contributed by atoms with Crippen LogP contribution >= 0.6 is 11.6 Å². The van der Waals surface area contributed by atoms with Crippen molar-refractivity contribution in [1.82, 2.24) is 4.90 Å². The number of hydrogen-bond acceptors (Lipinski definition) is 3. The Labute approximate surface area is 120 Å². The molecule has 1 heterocycles. The minimum atomic E-state index is -1.21. The first-order valence-electron chi connectivity index (χ1n) is 6.02. The summed E-state index contributed by atoms with van der Waals surface area (Å²) in [5, 5.41) is -0.123. The molecule has 0 radical (unpaired) electrons. The topological polar surface area (TPSA) is 72.6 Å². The summed E-state index contributed by atoms with van der Waals surface area (Å²) in [6, 6.07) is 3.74. The van der Waals surface area contributed by atoms with Gasteiger partial charge in [-0.1, -0.05) is 11.6 Å². The Kier molecular flexibility index (Phi) is 3.96. The predicted molar refractivity (Wildman–Crippen MR) is 70.9 cm³/mol. The number of carbonyl (C=O) groups excluding carboxylic acids is 2. The number of rotatable bonds is 2. The van der Waals surface area contributed by atoms with Crippen LogP contribution in [0.4, 0.5) is 4.39 Å². The van der Waals surface area contributed by atoms with E-state index < -0.39 is 17.3 Å². The first-order valence-corrected chi connectivity index (χ1v) is 6.39. The summed E-state index contributed by atoms with van der Waals surface area (Å²) in [6.07, 6.45) is 0. The number of nitrogens with two attached hydrogens (primary N) is 1. The van der Waals surface area contributed by atoms with E-state index in [9.17, 15) is 14.0 Å². The number of benzene rings is 1. The van der Waals surface area contributed by atoms with Crippen molar-refractivity contribution in [3.05, 3.63) is 34.6 Å². The van der Waals surface area contributed by atoms with Crippen LogP contribution in [-0.2, 0) is 9.53 Å². The highest BCUT2D eigenvalue weighted by Crippen LogP contribution is 2.21. The Morgan fingerprint density at radius 2 is 2.20 bits per heavy atom. The molecule has 108 valence electrons. The third-order valence-corrected chi connectivity index (χ3v) is 3.54. The van der Waals surface area contributed by atoms with Crippen LogP contribution in [0.25, 0.3) is 0 Å². The maximum atomic E-state index is 13.1. The molecule has 1 saturated heterocycles. The van der Waals surface area contributed by atoms with Gasteiger partial charge in [-0.05, 0) is 25.1 Å². The zero-order valence-corrected chi connectivity index (χ0v) is 11.6. The summed E-state index contributed by atoms with van der Waals surface area (Å²) in [4.78, 5) is 25.1. The summed E-state index contributed by atoms with van der Waals surface area (Å²) in [6.45, 7) is 2.12. The normalized spacial score (nSPS) is 22.6. The quantitative estimate of drug-likeness (QED) is 0.892. The molecule has 20 heavy (non-hydrogen) atoms. The van der Waals surface area contributed by atoms with Crippen LogP contribution < -0.4 is 5.73 Å². The second kappa shape index (κ2) is 5.38. The molecular formula is C13H14ClFN2O3. The van der Waals surface area contributed by atoms with Crippen LogP contribution in [0.3, 0.4) is 0 Å². The fourth-order valence-electron chi connectivity index (χ4n) is 2.00. The number of morpholine rings is 1. The van der Waals surface area contributed by atoms with Gasteiger partial charge >= 0.3 is 0 Å². The van der Waals surface area contributed by atoms with E-state index in [0.717, 1.165) is 6.07 Å². The lowest BCUT2D eigenvalue weighted by atomic mass is 10.0. The Morgan fingerprint density at radius 1 is 1.50 bits per heavy atom. The van der Waals surface area contributed by atoms with Crippen molar-refractivity contribution in [2.24, 2.45) is 5.73 Å². The smallest absolute Gasteiger partial charge is 0.254 e. The van der Waals surface area contributed by atoms with Crippen molar-refractivity contribution in [2.75, 3.05) is 19.7 Å². The van der Waals surface area contributed by atoms with E-state index in [1.54, 1.807) is 0 Å². The van der Waals surface area contributed by atoms with Crippen LogP contribution in [0.5, 0.6) is 0 Å². The Hall–Kier alpha value is -1.66. The summed E-state index contributed by atoms with van der Waals surface area (Å²) < 4.78 is 18.4. The molecule has 1 atom stereocenters. The minimum Gasteiger partial charge on any atom is -0.367 e. The number of amides is 2. The number of hydrogen-bond donors (Lipinski definition) is 1. The zero-order valence-electron chi connectivity index (χ0n) is 10.9. The van der Waals surface area contributed by atoms with Crippen molar-refractivity contribution in [2.45, 2.75) is 12.5 Å². The zero-order chi connectivity index (χ0) is 14.9. The summed E-state index contributed by atoms with van der Waals surface area (Å²) in [5.41, 5.74) is 4.32. The van der Waals surface area contributed by atoms with Crippen LogP contribution in [0.2, 0.25) is 5.02 Å². The van der Waals surface area contributed by atoms with Crippen molar-refractivity contribution >= 4 is 23.4 Å². The standard InChI is InChI=1S/C13H14ClFN2O3/c1-13(12(16)19)7-17(4-5-20-13)11(18)8-2-3-10(15)9(14)6-8/h2-3,6H,4-5,7H2,1H3,(H2,16,19)/t13-/m0/s1. The van der Waals surface area contributed by atoms with Gasteiger partial charge in [0, 0.05) is 12.1 Å². The molecule has 1 fully saturated rings. The van der Waals surface area contributed by atoms with Gasteiger partial charge in [0.15, 0.2) is 5.60 Å². The molecule has 2 amide bonds. The van der Waals surface area contributed by atoms with Gasteiger partial charge in [-0.15, -0.1) is 0 Å². The van der Waals surface area contributed by atoms with Gasteiger partial charge in [0.1, 0.15) is 5.82 Å². The van der Waals surface area contributed by atoms with Gasteiger partial charge in [-0.25, -0.2) is 4.39 Å². The average molecular weight is 301 g/mol. The molecule has 0 aliphatic carbocycles. The molecular weight excluding hydrogens is 287 g/mol. The molecule has 0 unspecified atom stereocenters. The molecule has 7 heteroatoms. The Bertz CT molecular complexity index is 567. The highest BCUT2D eigenvalue weighted by atomic mass is 35.5. The van der Waals surface area contributed by atoms with E-state index in [0.29, 0.717) is 6.54 Å². The van der Waals surface area contributed by atoms with E-state index in [1.165, 1.54) is 24.0 Å². The number of ether oxygens (including phenoxy) is 1. The van der Waals surface area contributed by atoms with Crippen molar-refractivity contribution in [1.29, 1.82) is 0 Å². The maximum Gasteiger partial charge on any atom is 0.254 e. The molecule has 0 bridgehead atoms. The van der Waals surface area contributed by atoms with Gasteiger partial charge in [-0.2, -0.15) is 0 Å². The third-order valence-electron chi connectivity index (χ3n) is 3.25.